The van der Waals surface area contributed by atoms with Gasteiger partial charge >= 0.3 is 12.1 Å². The van der Waals surface area contributed by atoms with Gasteiger partial charge in [0, 0.05) is 32.0 Å². The largest absolute Gasteiger partial charge is 0.444 e. The molecule has 0 radical (unpaired) electrons. The highest BCUT2D eigenvalue weighted by Crippen LogP contribution is 2.41. The Bertz CT molecular complexity index is 1030. The number of carbonyl (C=O) groups excluding carboxylic acids is 4. The topological polar surface area (TPSA) is 93.2 Å². The van der Waals surface area contributed by atoms with Gasteiger partial charge in [-0.2, -0.15) is 5.06 Å². The van der Waals surface area contributed by atoms with Gasteiger partial charge in [-0.1, -0.05) is 46.4 Å². The van der Waals surface area contributed by atoms with Gasteiger partial charge in [0.25, 0.3) is 11.8 Å². The van der Waals surface area contributed by atoms with E-state index < -0.39 is 71.1 Å². The lowest BCUT2D eigenvalue weighted by atomic mass is 9.99. The molecular weight excluding hydrogens is 544 g/mol. The zero-order valence-corrected chi connectivity index (χ0v) is 21.4. The van der Waals surface area contributed by atoms with Crippen LogP contribution in [0.3, 0.4) is 0 Å². The Morgan fingerprint density at radius 3 is 2.18 bits per heavy atom. The summed E-state index contributed by atoms with van der Waals surface area (Å²) in [6, 6.07) is -1.76. The number of hydrogen-bond donors (Lipinski definition) is 0. The molecule has 1 fully saturated rings. The number of rotatable bonds is 3. The molecule has 2 amide bonds. The van der Waals surface area contributed by atoms with Crippen molar-refractivity contribution in [3.05, 3.63) is 31.2 Å². The second-order valence-corrected chi connectivity index (χ2v) is 9.89. The third-order valence-corrected chi connectivity index (χ3v) is 6.45. The van der Waals surface area contributed by atoms with Crippen LogP contribution in [0.1, 0.15) is 54.3 Å². The van der Waals surface area contributed by atoms with Crippen molar-refractivity contribution in [1.29, 1.82) is 0 Å². The molecule has 1 aliphatic heterocycles. The van der Waals surface area contributed by atoms with E-state index in [1.54, 1.807) is 20.8 Å². The number of benzene rings is 1. The number of halogens is 6. The number of hydroxylamine groups is 2. The van der Waals surface area contributed by atoms with Crippen LogP contribution in [0, 0.1) is 0 Å². The molecule has 1 heterocycles. The average Bonchev–Trinajstić information content (AvgIpc) is 2.71. The molecule has 1 unspecified atom stereocenters. The summed E-state index contributed by atoms with van der Waals surface area (Å²) >= 11 is 23.9. The molecule has 1 aliphatic rings. The van der Waals surface area contributed by atoms with E-state index in [0.717, 1.165) is 11.9 Å². The molecule has 34 heavy (non-hydrogen) atoms. The Labute approximate surface area is 213 Å². The van der Waals surface area contributed by atoms with E-state index in [9.17, 15) is 28.0 Å². The fourth-order valence-electron chi connectivity index (χ4n) is 3.05. The molecule has 1 aromatic carbocycles. The van der Waals surface area contributed by atoms with Gasteiger partial charge in [-0.25, -0.2) is 18.4 Å². The van der Waals surface area contributed by atoms with Gasteiger partial charge < -0.3 is 9.57 Å². The summed E-state index contributed by atoms with van der Waals surface area (Å²) in [7, 11) is 0.973. The van der Waals surface area contributed by atoms with Crippen LogP contribution in [0.15, 0.2) is 0 Å². The van der Waals surface area contributed by atoms with Gasteiger partial charge in [-0.3, -0.25) is 14.5 Å². The van der Waals surface area contributed by atoms with Crippen molar-refractivity contribution in [1.82, 2.24) is 9.96 Å². The lowest BCUT2D eigenvalue weighted by Crippen LogP contribution is -2.55. The van der Waals surface area contributed by atoms with Crippen LogP contribution < -0.4 is 0 Å². The number of ether oxygens (including phenoxy) is 1. The minimum absolute atomic E-state index is 0.200. The van der Waals surface area contributed by atoms with Gasteiger partial charge in [0.1, 0.15) is 11.6 Å². The highest BCUT2D eigenvalue weighted by molar-refractivity contribution is 6.53. The van der Waals surface area contributed by atoms with Crippen molar-refractivity contribution >= 4 is 70.7 Å². The first-order valence-corrected chi connectivity index (χ1v) is 11.2. The number of piperidine rings is 1. The van der Waals surface area contributed by atoms with Gasteiger partial charge in [-0.05, 0) is 20.8 Å². The highest BCUT2D eigenvalue weighted by atomic mass is 35.5. The Morgan fingerprint density at radius 1 is 1.09 bits per heavy atom. The first kappa shape index (κ1) is 28.4. The molecule has 0 aromatic heterocycles. The molecule has 14 heteroatoms. The van der Waals surface area contributed by atoms with Gasteiger partial charge in [0.05, 0.1) is 25.7 Å². The fourth-order valence-corrected chi connectivity index (χ4v) is 4.04. The van der Waals surface area contributed by atoms with Gasteiger partial charge in [0.15, 0.2) is 6.29 Å². The van der Waals surface area contributed by atoms with Crippen LogP contribution in [0.4, 0.5) is 13.6 Å². The maximum Gasteiger partial charge on any atom is 0.411 e. The van der Waals surface area contributed by atoms with Crippen molar-refractivity contribution in [2.75, 3.05) is 13.6 Å². The molecule has 1 saturated heterocycles. The second-order valence-electron chi connectivity index (χ2n) is 8.38. The zero-order valence-electron chi connectivity index (χ0n) is 18.4. The Balaban J connectivity index is 2.33. The maximum absolute atomic E-state index is 14.1. The van der Waals surface area contributed by atoms with Crippen LogP contribution in [0.5, 0.6) is 0 Å². The number of likely N-dealkylation sites (tertiary alicyclic amines) is 1. The number of alkyl halides is 2. The Morgan fingerprint density at radius 2 is 1.65 bits per heavy atom. The van der Waals surface area contributed by atoms with E-state index in [1.165, 1.54) is 0 Å². The van der Waals surface area contributed by atoms with Crippen molar-refractivity contribution in [3.63, 3.8) is 0 Å². The number of amides is 2. The van der Waals surface area contributed by atoms with Crippen LogP contribution in [0.25, 0.3) is 0 Å². The predicted molar refractivity (Wildman–Crippen MR) is 121 cm³/mol. The quantitative estimate of drug-likeness (QED) is 0.203. The molecule has 1 atom stereocenters. The lowest BCUT2D eigenvalue weighted by Gasteiger charge is -2.38. The van der Waals surface area contributed by atoms with E-state index in [-0.39, 0.29) is 21.4 Å². The molecule has 0 spiro atoms. The van der Waals surface area contributed by atoms with Crippen molar-refractivity contribution in [3.8, 4) is 0 Å². The smallest absolute Gasteiger partial charge is 0.411 e. The number of hydrogen-bond acceptors (Lipinski definition) is 6. The predicted octanol–water partition coefficient (Wildman–Crippen LogP) is 5.68. The van der Waals surface area contributed by atoms with Gasteiger partial charge in [0.2, 0.25) is 0 Å². The summed E-state index contributed by atoms with van der Waals surface area (Å²) in [4.78, 5) is 55.4. The molecule has 0 aliphatic carbocycles. The summed E-state index contributed by atoms with van der Waals surface area (Å²) in [5.41, 5.74) is -1.90. The first-order chi connectivity index (χ1) is 15.5. The average molecular weight is 564 g/mol. The molecular formula is C20H20Cl4F2N2O6. The lowest BCUT2D eigenvalue weighted by molar-refractivity contribution is -0.186. The Hall–Kier alpha value is -1.88. The summed E-state index contributed by atoms with van der Waals surface area (Å²) in [6.45, 7) is 4.22. The zero-order chi connectivity index (χ0) is 26.2. The third-order valence-electron chi connectivity index (χ3n) is 4.63. The molecule has 188 valence electrons. The minimum Gasteiger partial charge on any atom is -0.444 e. The van der Waals surface area contributed by atoms with E-state index in [1.807, 2.05) is 0 Å². The number of nitrogens with zero attached hydrogens (tertiary/aromatic N) is 2. The van der Waals surface area contributed by atoms with Gasteiger partial charge in [-0.15, -0.1) is 0 Å². The normalized spacial score (nSPS) is 17.7. The summed E-state index contributed by atoms with van der Waals surface area (Å²) in [6.07, 6.45) is -2.54. The molecule has 0 bridgehead atoms. The van der Waals surface area contributed by atoms with Crippen LogP contribution in [-0.4, -0.2) is 65.4 Å². The van der Waals surface area contributed by atoms with Crippen molar-refractivity contribution in [2.24, 2.45) is 0 Å². The van der Waals surface area contributed by atoms with Crippen molar-refractivity contribution in [2.45, 2.75) is 51.2 Å². The monoisotopic (exact) mass is 562 g/mol. The standard InChI is InChI=1S/C20H20Cl4F2N2O6/c1-19(2,3)33-18(32)28-6-5-20(25,26)7-10(28)17(31)34-27(4)16(30)11-9(8-29)12(21)14(23)15(24)13(11)22/h8,10H,5-7H2,1-4H3. The van der Waals surface area contributed by atoms with E-state index in [2.05, 4.69) is 0 Å². The molecule has 1 aromatic rings. The molecule has 2 rings (SSSR count). The maximum atomic E-state index is 14.1. The molecule has 0 N–H and O–H groups in total. The van der Waals surface area contributed by atoms with Crippen molar-refractivity contribution < 1.29 is 37.5 Å². The van der Waals surface area contributed by atoms with Crippen LogP contribution in [-0.2, 0) is 14.4 Å². The van der Waals surface area contributed by atoms with E-state index >= 15 is 0 Å². The summed E-state index contributed by atoms with van der Waals surface area (Å²) in [5, 5.41) is -1.05. The molecule has 0 saturated carbocycles. The van der Waals surface area contributed by atoms with Crippen LogP contribution >= 0.6 is 46.4 Å². The first-order valence-electron chi connectivity index (χ1n) is 9.69. The highest BCUT2D eigenvalue weighted by Gasteiger charge is 2.48. The minimum atomic E-state index is -3.27. The van der Waals surface area contributed by atoms with E-state index in [4.69, 9.17) is 56.0 Å². The Kier molecular flexibility index (Phi) is 8.67. The third kappa shape index (κ3) is 6.21. The number of aldehydes is 1. The summed E-state index contributed by atoms with van der Waals surface area (Å²) in [5.74, 6) is -5.75. The fraction of sp³-hybridized carbons (Fsp3) is 0.500. The summed E-state index contributed by atoms with van der Waals surface area (Å²) < 4.78 is 33.3. The molecule has 8 nitrogen and oxygen atoms in total. The van der Waals surface area contributed by atoms with E-state index in [0.29, 0.717) is 5.06 Å². The number of carbonyl (C=O) groups is 4. The van der Waals surface area contributed by atoms with Crippen LogP contribution in [0.2, 0.25) is 20.1 Å². The second kappa shape index (κ2) is 10.4. The SMILES string of the molecule is CN(OC(=O)C1CC(F)(F)CCN1C(=O)OC(C)(C)C)C(=O)c1c(Cl)c(Cl)c(Cl)c(Cl)c1C=O.